The van der Waals surface area contributed by atoms with Gasteiger partial charge in [0.15, 0.2) is 0 Å². The van der Waals surface area contributed by atoms with Gasteiger partial charge in [0, 0.05) is 12.1 Å². The molecule has 5 heteroatoms. The van der Waals surface area contributed by atoms with Gasteiger partial charge in [-0.05, 0) is 42.2 Å². The first kappa shape index (κ1) is 16.5. The molecule has 5 nitrogen and oxygen atoms in total. The number of carbonyl (C=O) groups is 2. The normalized spacial score (nSPS) is 10.1. The van der Waals surface area contributed by atoms with Crippen molar-refractivity contribution in [3.05, 3.63) is 54.1 Å². The Morgan fingerprint density at radius 1 is 1.09 bits per heavy atom. The molecule has 0 aromatic heterocycles. The van der Waals surface area contributed by atoms with E-state index in [0.29, 0.717) is 18.7 Å². The molecule has 2 rings (SSSR count). The van der Waals surface area contributed by atoms with Crippen LogP contribution in [0.2, 0.25) is 0 Å². The molecule has 0 saturated heterocycles. The summed E-state index contributed by atoms with van der Waals surface area (Å²) in [5, 5.41) is 10.8. The fourth-order valence-electron chi connectivity index (χ4n) is 2.17. The highest BCUT2D eigenvalue weighted by Crippen LogP contribution is 2.24. The average Bonchev–Trinajstić information content (AvgIpc) is 2.58. The van der Waals surface area contributed by atoms with Crippen LogP contribution in [-0.4, -0.2) is 30.6 Å². The van der Waals surface area contributed by atoms with E-state index in [-0.39, 0.29) is 0 Å². The van der Waals surface area contributed by atoms with Gasteiger partial charge in [0.05, 0.1) is 6.61 Å². The van der Waals surface area contributed by atoms with Gasteiger partial charge in [-0.2, -0.15) is 0 Å². The molecule has 0 radical (unpaired) electrons. The predicted octanol–water partition coefficient (Wildman–Crippen LogP) is 3.59. The van der Waals surface area contributed by atoms with E-state index in [0.717, 1.165) is 36.0 Å². The van der Waals surface area contributed by atoms with Crippen molar-refractivity contribution in [3.63, 3.8) is 0 Å². The van der Waals surface area contributed by atoms with Crippen molar-refractivity contribution < 1.29 is 19.4 Å². The van der Waals surface area contributed by atoms with Crippen LogP contribution >= 0.6 is 0 Å². The van der Waals surface area contributed by atoms with Crippen LogP contribution in [0.15, 0.2) is 48.5 Å². The average molecular weight is 313 g/mol. The number of ether oxygens (including phenoxy) is 1. The maximum Gasteiger partial charge on any atom is 0.404 e. The molecule has 0 aliphatic rings. The summed E-state index contributed by atoms with van der Waals surface area (Å²) in [6.07, 6.45) is 1.32. The van der Waals surface area contributed by atoms with Crippen molar-refractivity contribution in [2.45, 2.75) is 12.8 Å². The molecular weight excluding hydrogens is 294 g/mol. The summed E-state index contributed by atoms with van der Waals surface area (Å²) in [7, 11) is 0. The molecule has 0 saturated carbocycles. The molecule has 0 atom stereocenters. The molecule has 23 heavy (non-hydrogen) atoms. The van der Waals surface area contributed by atoms with Crippen LogP contribution in [0.5, 0.6) is 5.75 Å². The lowest BCUT2D eigenvalue weighted by Crippen LogP contribution is -2.22. The van der Waals surface area contributed by atoms with E-state index in [1.807, 2.05) is 42.5 Å². The standard InChI is InChI=1S/C18H19NO4/c20-13-14-5-3-6-15(11-14)16-7-4-8-17(12-16)23-10-2-1-9-19-18(21)22/h3-8,11-13,19H,1-2,9-10H2,(H,21,22). The Morgan fingerprint density at radius 3 is 2.57 bits per heavy atom. The molecular formula is C18H19NO4. The lowest BCUT2D eigenvalue weighted by molar-refractivity contribution is 0.112. The van der Waals surface area contributed by atoms with E-state index in [2.05, 4.69) is 5.32 Å². The van der Waals surface area contributed by atoms with Gasteiger partial charge < -0.3 is 15.2 Å². The third-order valence-corrected chi connectivity index (χ3v) is 3.31. The summed E-state index contributed by atoms with van der Waals surface area (Å²) in [6.45, 7) is 0.955. The van der Waals surface area contributed by atoms with E-state index in [4.69, 9.17) is 9.84 Å². The van der Waals surface area contributed by atoms with Crippen LogP contribution in [0.1, 0.15) is 23.2 Å². The fraction of sp³-hybridized carbons (Fsp3) is 0.222. The van der Waals surface area contributed by atoms with E-state index in [1.54, 1.807) is 6.07 Å². The number of carboxylic acid groups (broad SMARTS) is 1. The van der Waals surface area contributed by atoms with Crippen molar-refractivity contribution in [3.8, 4) is 16.9 Å². The van der Waals surface area contributed by atoms with Gasteiger partial charge in [-0.3, -0.25) is 4.79 Å². The van der Waals surface area contributed by atoms with Gasteiger partial charge >= 0.3 is 6.09 Å². The number of hydrogen-bond acceptors (Lipinski definition) is 3. The highest BCUT2D eigenvalue weighted by molar-refractivity contribution is 5.79. The number of unbranched alkanes of at least 4 members (excludes halogenated alkanes) is 1. The van der Waals surface area contributed by atoms with Crippen molar-refractivity contribution >= 4 is 12.4 Å². The molecule has 0 spiro atoms. The molecule has 0 bridgehead atoms. The maximum absolute atomic E-state index is 10.9. The van der Waals surface area contributed by atoms with Gasteiger partial charge in [-0.1, -0.05) is 30.3 Å². The van der Waals surface area contributed by atoms with Gasteiger partial charge in [0.2, 0.25) is 0 Å². The second-order valence-electron chi connectivity index (χ2n) is 5.06. The molecule has 120 valence electrons. The number of nitrogens with one attached hydrogen (secondary N) is 1. The minimum atomic E-state index is -1.00. The SMILES string of the molecule is O=Cc1cccc(-c2cccc(OCCCCNC(=O)O)c2)c1. The summed E-state index contributed by atoms with van der Waals surface area (Å²) in [5.41, 5.74) is 2.59. The Balaban J connectivity index is 1.89. The van der Waals surface area contributed by atoms with Crippen molar-refractivity contribution in [1.82, 2.24) is 5.32 Å². The second-order valence-corrected chi connectivity index (χ2v) is 5.06. The number of carbonyl (C=O) groups excluding carboxylic acids is 1. The van der Waals surface area contributed by atoms with Crippen molar-refractivity contribution in [2.24, 2.45) is 0 Å². The van der Waals surface area contributed by atoms with E-state index >= 15 is 0 Å². The number of amides is 1. The number of aldehydes is 1. The van der Waals surface area contributed by atoms with E-state index < -0.39 is 6.09 Å². The van der Waals surface area contributed by atoms with Gasteiger partial charge in [0.1, 0.15) is 12.0 Å². The van der Waals surface area contributed by atoms with Gasteiger partial charge in [-0.25, -0.2) is 4.79 Å². The van der Waals surface area contributed by atoms with Gasteiger partial charge in [0.25, 0.3) is 0 Å². The monoisotopic (exact) mass is 313 g/mol. The molecule has 2 aromatic rings. The molecule has 0 unspecified atom stereocenters. The van der Waals surface area contributed by atoms with Crippen LogP contribution in [0, 0.1) is 0 Å². The fourth-order valence-corrected chi connectivity index (χ4v) is 2.17. The third kappa shape index (κ3) is 5.47. The molecule has 1 amide bonds. The highest BCUT2D eigenvalue weighted by Gasteiger charge is 2.02. The molecule has 2 N–H and O–H groups in total. The maximum atomic E-state index is 10.9. The van der Waals surface area contributed by atoms with E-state index in [1.165, 1.54) is 0 Å². The van der Waals surface area contributed by atoms with Crippen LogP contribution in [-0.2, 0) is 0 Å². The lowest BCUT2D eigenvalue weighted by atomic mass is 10.0. The molecule has 0 heterocycles. The van der Waals surface area contributed by atoms with Crippen LogP contribution in [0.4, 0.5) is 4.79 Å². The Morgan fingerprint density at radius 2 is 1.83 bits per heavy atom. The quantitative estimate of drug-likeness (QED) is 0.577. The van der Waals surface area contributed by atoms with Crippen molar-refractivity contribution in [2.75, 3.05) is 13.2 Å². The largest absolute Gasteiger partial charge is 0.494 e. The van der Waals surface area contributed by atoms with Crippen molar-refractivity contribution in [1.29, 1.82) is 0 Å². The van der Waals surface area contributed by atoms with Crippen LogP contribution < -0.4 is 10.1 Å². The minimum absolute atomic E-state index is 0.428. The minimum Gasteiger partial charge on any atom is -0.494 e. The smallest absolute Gasteiger partial charge is 0.404 e. The summed E-state index contributed by atoms with van der Waals surface area (Å²) >= 11 is 0. The molecule has 2 aromatic carbocycles. The number of benzene rings is 2. The zero-order valence-corrected chi connectivity index (χ0v) is 12.7. The lowest BCUT2D eigenvalue weighted by Gasteiger charge is -2.09. The first-order valence-electron chi connectivity index (χ1n) is 7.44. The Kier molecular flexibility index (Phi) is 6.17. The highest BCUT2D eigenvalue weighted by atomic mass is 16.5. The Labute approximate surface area is 134 Å². The zero-order chi connectivity index (χ0) is 16.5. The predicted molar refractivity (Wildman–Crippen MR) is 88.0 cm³/mol. The third-order valence-electron chi connectivity index (χ3n) is 3.31. The van der Waals surface area contributed by atoms with Crippen LogP contribution in [0.3, 0.4) is 0 Å². The van der Waals surface area contributed by atoms with Gasteiger partial charge in [-0.15, -0.1) is 0 Å². The van der Waals surface area contributed by atoms with E-state index in [9.17, 15) is 9.59 Å². The summed E-state index contributed by atoms with van der Waals surface area (Å²) in [5.74, 6) is 0.755. The first-order chi connectivity index (χ1) is 11.2. The number of rotatable bonds is 8. The Hall–Kier alpha value is -2.82. The van der Waals surface area contributed by atoms with Crippen LogP contribution in [0.25, 0.3) is 11.1 Å². The zero-order valence-electron chi connectivity index (χ0n) is 12.7. The molecule has 0 fully saturated rings. The topological polar surface area (TPSA) is 75.6 Å². The summed E-state index contributed by atoms with van der Waals surface area (Å²) in [4.78, 5) is 21.2. The molecule has 0 aliphatic heterocycles. The summed E-state index contributed by atoms with van der Waals surface area (Å²) < 4.78 is 5.69. The molecule has 0 aliphatic carbocycles. The summed E-state index contributed by atoms with van der Waals surface area (Å²) in [6, 6.07) is 15.1. The Bertz CT molecular complexity index is 670. The second kappa shape index (κ2) is 8.58. The number of hydrogen-bond donors (Lipinski definition) is 2. The first-order valence-corrected chi connectivity index (χ1v) is 7.44.